The first kappa shape index (κ1) is 49.4. The van der Waals surface area contributed by atoms with Gasteiger partial charge in [-0.2, -0.15) is 31.6 Å². The standard InChI is InChI=1S/C50H50F6N5O7P/c1-28(2)61(29(3)4)69(66-21-9-18-57)68-34-15-12-30(13-16-34)27-58-43(62)33-14-17-35-36(24-33)48(67-44(35)63)39-22-31-10-7-19-59(45(64)49(51,52)53)41(31)25-37(39)47(5,6)38-26-42-32(23-40(38)48)11-8-20-60(42)46(65)50(54,55)56/h12-17,22-26,28-29H,7-11,19-21,27H2,1-6H3,(H,58,62). The summed E-state index contributed by atoms with van der Waals surface area (Å²) >= 11 is 0. The molecule has 0 fully saturated rings. The van der Waals surface area contributed by atoms with Gasteiger partial charge in [-0.3, -0.25) is 14.4 Å². The number of anilines is 2. The molecule has 4 aromatic rings. The third kappa shape index (κ3) is 8.93. The SMILES string of the molecule is CC(C)N(C(C)C)P(OCCC#N)Oc1ccc(CNC(=O)c2ccc3c(c2)C2(OC3=O)c3cc4c(cc3C(C)(C)c3cc5c(cc32)CCCN5C(=O)C(F)(F)F)N(C(=O)C(F)(F)F)CCC4)cc1. The zero-order chi connectivity index (χ0) is 50.0. The second-order valence-electron chi connectivity index (χ2n) is 18.6. The Kier molecular flexibility index (Phi) is 13.2. The molecule has 1 atom stereocenters. The Morgan fingerprint density at radius 2 is 1.33 bits per heavy atom. The van der Waals surface area contributed by atoms with E-state index >= 15 is 0 Å². The number of carbonyl (C=O) groups is 4. The molecule has 1 aliphatic carbocycles. The number of nitrogens with zero attached hydrogens (tertiary/aromatic N) is 4. The fourth-order valence-corrected chi connectivity index (χ4v) is 11.6. The van der Waals surface area contributed by atoms with E-state index in [0.717, 1.165) is 0 Å². The summed E-state index contributed by atoms with van der Waals surface area (Å²) in [5, 5.41) is 12.0. The van der Waals surface area contributed by atoms with Crippen LogP contribution in [-0.4, -0.2) is 72.5 Å². The number of nitrogens with one attached hydrogen (secondary N) is 1. The molecule has 4 aromatic carbocycles. The molecule has 69 heavy (non-hydrogen) atoms. The molecule has 0 aromatic heterocycles. The van der Waals surface area contributed by atoms with Gasteiger partial charge >= 0.3 is 38.7 Å². The summed E-state index contributed by atoms with van der Waals surface area (Å²) in [6.45, 7) is 11.4. The van der Waals surface area contributed by atoms with Gasteiger partial charge in [-0.25, -0.2) is 9.46 Å². The Morgan fingerprint density at radius 1 is 0.797 bits per heavy atom. The lowest BCUT2D eigenvalue weighted by molar-refractivity contribution is -0.170. The summed E-state index contributed by atoms with van der Waals surface area (Å²) in [6.07, 6.45) is -9.25. The molecule has 0 radical (unpaired) electrons. The van der Waals surface area contributed by atoms with Crippen molar-refractivity contribution in [3.05, 3.63) is 122 Å². The largest absolute Gasteiger partial charge is 0.471 e. The zero-order valence-electron chi connectivity index (χ0n) is 38.7. The van der Waals surface area contributed by atoms with Gasteiger partial charge in [0.1, 0.15) is 5.75 Å². The number of alkyl halides is 6. The lowest BCUT2D eigenvalue weighted by Crippen LogP contribution is -2.46. The van der Waals surface area contributed by atoms with E-state index in [-0.39, 0.29) is 98.5 Å². The Bertz CT molecular complexity index is 2660. The number of rotatable bonds is 11. The van der Waals surface area contributed by atoms with E-state index in [1.54, 1.807) is 50.2 Å². The summed E-state index contributed by atoms with van der Waals surface area (Å²) in [6, 6.07) is 19.9. The van der Waals surface area contributed by atoms with Crippen LogP contribution in [0.4, 0.5) is 37.7 Å². The van der Waals surface area contributed by atoms with E-state index < -0.39 is 55.6 Å². The van der Waals surface area contributed by atoms with Crippen molar-refractivity contribution in [3.63, 3.8) is 0 Å². The van der Waals surface area contributed by atoms with Crippen molar-refractivity contribution in [2.45, 2.75) is 116 Å². The number of hydrogen-bond donors (Lipinski definition) is 1. The van der Waals surface area contributed by atoms with Gasteiger partial charge in [-0.05, 0) is 136 Å². The topological polar surface area (TPSA) is 142 Å². The van der Waals surface area contributed by atoms with E-state index in [4.69, 9.17) is 19.0 Å². The summed E-state index contributed by atoms with van der Waals surface area (Å²) in [4.78, 5) is 55.3. The Hall–Kier alpha value is -6.02. The molecule has 0 saturated carbocycles. The third-order valence-electron chi connectivity index (χ3n) is 13.1. The lowest BCUT2D eigenvalue weighted by Gasteiger charge is -2.47. The fourth-order valence-electron chi connectivity index (χ4n) is 10.0. The van der Waals surface area contributed by atoms with Crippen LogP contribution in [0, 0.1) is 11.3 Å². The lowest BCUT2D eigenvalue weighted by atomic mass is 9.60. The molecule has 1 unspecified atom stereocenters. The highest BCUT2D eigenvalue weighted by atomic mass is 31.2. The van der Waals surface area contributed by atoms with Gasteiger partial charge in [0.05, 0.1) is 24.7 Å². The Labute approximate surface area is 396 Å². The monoisotopic (exact) mass is 977 g/mol. The highest BCUT2D eigenvalue weighted by Crippen LogP contribution is 2.59. The molecule has 19 heteroatoms. The molecule has 364 valence electrons. The van der Waals surface area contributed by atoms with Gasteiger partial charge in [0.2, 0.25) is 0 Å². The summed E-state index contributed by atoms with van der Waals surface area (Å²) < 4.78 is 105. The van der Waals surface area contributed by atoms with E-state index in [0.29, 0.717) is 54.5 Å². The van der Waals surface area contributed by atoms with Crippen LogP contribution in [0.5, 0.6) is 5.75 Å². The van der Waals surface area contributed by atoms with Crippen molar-refractivity contribution in [1.29, 1.82) is 5.26 Å². The van der Waals surface area contributed by atoms with Crippen LogP contribution >= 0.6 is 8.53 Å². The van der Waals surface area contributed by atoms with Gasteiger partial charge in [0.25, 0.3) is 5.91 Å². The Balaban J connectivity index is 1.19. The van der Waals surface area contributed by atoms with E-state index in [2.05, 4.69) is 16.1 Å². The van der Waals surface area contributed by atoms with Gasteiger partial charge in [0, 0.05) is 70.8 Å². The van der Waals surface area contributed by atoms with Crippen LogP contribution in [0.1, 0.15) is 126 Å². The molecule has 3 amide bonds. The molecule has 3 heterocycles. The van der Waals surface area contributed by atoms with Crippen LogP contribution in [0.2, 0.25) is 0 Å². The fraction of sp³-hybridized carbons (Fsp3) is 0.420. The second kappa shape index (κ2) is 18.4. The highest BCUT2D eigenvalue weighted by molar-refractivity contribution is 7.45. The summed E-state index contributed by atoms with van der Waals surface area (Å²) in [5.41, 5.74) is 0.174. The number of aryl methyl sites for hydroxylation is 2. The predicted molar refractivity (Wildman–Crippen MR) is 244 cm³/mol. The number of nitriles is 1. The molecule has 1 N–H and O–H groups in total. The maximum Gasteiger partial charge on any atom is 0.471 e. The maximum atomic E-state index is 14.1. The van der Waals surface area contributed by atoms with Crippen LogP contribution in [-0.2, 0) is 49.3 Å². The molecule has 1 spiro atoms. The Morgan fingerprint density at radius 3 is 1.83 bits per heavy atom. The molecule has 4 aliphatic rings. The van der Waals surface area contributed by atoms with Crippen molar-refractivity contribution in [1.82, 2.24) is 9.99 Å². The quantitative estimate of drug-likeness (QED) is 0.0673. The van der Waals surface area contributed by atoms with Crippen molar-refractivity contribution in [2.24, 2.45) is 0 Å². The number of benzene rings is 4. The van der Waals surface area contributed by atoms with Gasteiger partial charge in [-0.15, -0.1) is 0 Å². The first-order chi connectivity index (χ1) is 32.5. The van der Waals surface area contributed by atoms with Crippen LogP contribution < -0.4 is 19.6 Å². The molecule has 0 saturated heterocycles. The minimum atomic E-state index is -5.20. The number of fused-ring (bicyclic) bond motifs is 8. The molecule has 8 rings (SSSR count). The second-order valence-corrected chi connectivity index (χ2v) is 20.0. The van der Waals surface area contributed by atoms with Gasteiger partial charge < -0.3 is 28.9 Å². The summed E-state index contributed by atoms with van der Waals surface area (Å²) in [5.74, 6) is -4.91. The predicted octanol–water partition coefficient (Wildman–Crippen LogP) is 10.1. The third-order valence-corrected chi connectivity index (χ3v) is 15.2. The molecule has 3 aliphatic heterocycles. The summed E-state index contributed by atoms with van der Waals surface area (Å²) in [7, 11) is -1.56. The first-order valence-corrected chi connectivity index (χ1v) is 23.8. The number of halogens is 6. The van der Waals surface area contributed by atoms with Crippen LogP contribution in [0.3, 0.4) is 0 Å². The average Bonchev–Trinajstić information content (AvgIpc) is 3.59. The number of carbonyl (C=O) groups excluding carboxylic acids is 4. The van der Waals surface area contributed by atoms with Crippen molar-refractivity contribution < 1.29 is 59.3 Å². The first-order valence-electron chi connectivity index (χ1n) is 22.6. The smallest absolute Gasteiger partial charge is 0.441 e. The van der Waals surface area contributed by atoms with E-state index in [9.17, 15) is 45.5 Å². The number of hydrogen-bond acceptors (Lipinski definition) is 9. The van der Waals surface area contributed by atoms with Gasteiger partial charge in [-0.1, -0.05) is 26.0 Å². The molecular weight excluding hydrogens is 928 g/mol. The van der Waals surface area contributed by atoms with Gasteiger partial charge in [0.15, 0.2) is 5.60 Å². The molecular formula is C50H50F6N5O7P. The number of amides is 3. The maximum absolute atomic E-state index is 14.1. The average molecular weight is 978 g/mol. The van der Waals surface area contributed by atoms with Crippen LogP contribution in [0.25, 0.3) is 0 Å². The van der Waals surface area contributed by atoms with Crippen molar-refractivity contribution >= 4 is 43.6 Å². The number of esters is 1. The molecule has 0 bridgehead atoms. The highest BCUT2D eigenvalue weighted by Gasteiger charge is 2.57. The number of ether oxygens (including phenoxy) is 1. The van der Waals surface area contributed by atoms with E-state index in [1.807, 2.05) is 27.7 Å². The molecule has 12 nitrogen and oxygen atoms in total. The van der Waals surface area contributed by atoms with Crippen molar-refractivity contribution in [3.8, 4) is 11.8 Å². The van der Waals surface area contributed by atoms with Crippen molar-refractivity contribution in [2.75, 3.05) is 29.5 Å². The normalized spacial score (nSPS) is 17.1. The zero-order valence-corrected chi connectivity index (χ0v) is 39.6. The minimum Gasteiger partial charge on any atom is -0.441 e. The van der Waals surface area contributed by atoms with E-state index in [1.165, 1.54) is 30.3 Å². The van der Waals surface area contributed by atoms with Crippen LogP contribution in [0.15, 0.2) is 66.7 Å². The minimum absolute atomic E-state index is 0.00378.